The van der Waals surface area contributed by atoms with Gasteiger partial charge in [0.05, 0.1) is 28.5 Å². The highest BCUT2D eigenvalue weighted by molar-refractivity contribution is 6.42. The Morgan fingerprint density at radius 1 is 1.10 bits per heavy atom. The van der Waals surface area contributed by atoms with Crippen molar-refractivity contribution in [1.29, 1.82) is 0 Å². The maximum Gasteiger partial charge on any atom is 0.227 e. The van der Waals surface area contributed by atoms with Crippen LogP contribution in [0.5, 0.6) is 0 Å². The van der Waals surface area contributed by atoms with E-state index in [0.29, 0.717) is 16.5 Å². The second kappa shape index (κ2) is 9.70. The number of rotatable bonds is 4. The number of fused-ring (bicyclic) bond motifs is 1. The summed E-state index contributed by atoms with van der Waals surface area (Å²) in [5, 5.41) is 1.01. The number of likely N-dealkylation sites (N-methyl/N-ethyl adjacent to an activating group) is 1. The molecule has 6 heteroatoms. The Bertz CT molecular complexity index is 867. The number of hydrogen-bond acceptors (Lipinski definition) is 2. The van der Waals surface area contributed by atoms with Crippen molar-refractivity contribution in [2.45, 2.75) is 44.2 Å². The van der Waals surface area contributed by atoms with Crippen LogP contribution in [0.15, 0.2) is 42.5 Å². The van der Waals surface area contributed by atoms with E-state index in [1.807, 2.05) is 18.0 Å². The lowest BCUT2D eigenvalue weighted by molar-refractivity contribution is -0.133. The molecule has 29 heavy (non-hydrogen) atoms. The van der Waals surface area contributed by atoms with Crippen LogP contribution >= 0.6 is 35.6 Å². The summed E-state index contributed by atoms with van der Waals surface area (Å²) < 4.78 is 0. The van der Waals surface area contributed by atoms with Crippen LogP contribution < -0.4 is 0 Å². The summed E-state index contributed by atoms with van der Waals surface area (Å²) in [6.07, 6.45) is 4.86. The quantitative estimate of drug-likeness (QED) is 0.604. The highest BCUT2D eigenvalue weighted by atomic mass is 35.5. The first-order valence-corrected chi connectivity index (χ1v) is 10.8. The van der Waals surface area contributed by atoms with Crippen LogP contribution in [0, 0.1) is 0 Å². The minimum Gasteiger partial charge on any atom is -0.341 e. The van der Waals surface area contributed by atoms with E-state index in [2.05, 4.69) is 29.2 Å². The standard InChI is InChI=1S/C23H26Cl2N2O.ClH/c1-26(22(28)15-16-8-10-19(24)20(25)14-16)21-11-9-17-6-2-3-7-18(17)23(21)27-12-4-5-13-27;/h2-3,6-8,10,14,21,23H,4-5,9,11-13,15H2,1H3;1H/t21-,23-;/m0./s1. The SMILES string of the molecule is CN(C(=O)Cc1ccc(Cl)c(Cl)c1)[C@H]1CCc2ccccc2[C@@H]1N1CCCC1.Cl. The minimum atomic E-state index is 0. The van der Waals surface area contributed by atoms with E-state index < -0.39 is 0 Å². The Hall–Kier alpha value is -1.26. The van der Waals surface area contributed by atoms with Crippen molar-refractivity contribution in [3.8, 4) is 0 Å². The van der Waals surface area contributed by atoms with Crippen molar-refractivity contribution >= 4 is 41.5 Å². The molecule has 1 amide bonds. The van der Waals surface area contributed by atoms with Crippen molar-refractivity contribution in [2.24, 2.45) is 0 Å². The van der Waals surface area contributed by atoms with Crippen LogP contribution in [0.3, 0.4) is 0 Å². The lowest BCUT2D eigenvalue weighted by Gasteiger charge is -2.43. The van der Waals surface area contributed by atoms with Crippen LogP contribution in [0.2, 0.25) is 10.0 Å². The van der Waals surface area contributed by atoms with E-state index in [0.717, 1.165) is 31.5 Å². The molecule has 3 nitrogen and oxygen atoms in total. The molecule has 2 aromatic carbocycles. The molecule has 0 radical (unpaired) electrons. The zero-order valence-corrected chi connectivity index (χ0v) is 18.9. The van der Waals surface area contributed by atoms with E-state index in [-0.39, 0.29) is 30.4 Å². The highest BCUT2D eigenvalue weighted by Gasteiger charge is 2.38. The molecule has 1 aliphatic carbocycles. The summed E-state index contributed by atoms with van der Waals surface area (Å²) in [6.45, 7) is 2.23. The summed E-state index contributed by atoms with van der Waals surface area (Å²) >= 11 is 12.1. The van der Waals surface area contributed by atoms with Crippen molar-refractivity contribution in [2.75, 3.05) is 20.1 Å². The van der Waals surface area contributed by atoms with E-state index >= 15 is 0 Å². The maximum atomic E-state index is 13.1. The third kappa shape index (κ3) is 4.74. The van der Waals surface area contributed by atoms with Gasteiger partial charge in [-0.3, -0.25) is 9.69 Å². The minimum absolute atomic E-state index is 0. The fraction of sp³-hybridized carbons (Fsp3) is 0.435. The maximum absolute atomic E-state index is 13.1. The molecule has 0 saturated carbocycles. The van der Waals surface area contributed by atoms with Gasteiger partial charge in [-0.25, -0.2) is 0 Å². The number of halogens is 3. The lowest BCUT2D eigenvalue weighted by Crippen LogP contribution is -2.49. The zero-order chi connectivity index (χ0) is 19.7. The molecular weight excluding hydrogens is 427 g/mol. The van der Waals surface area contributed by atoms with Crippen molar-refractivity contribution in [1.82, 2.24) is 9.80 Å². The van der Waals surface area contributed by atoms with Crippen molar-refractivity contribution in [3.05, 3.63) is 69.2 Å². The van der Waals surface area contributed by atoms with Gasteiger partial charge < -0.3 is 4.90 Å². The first-order chi connectivity index (χ1) is 13.5. The van der Waals surface area contributed by atoms with Crippen LogP contribution in [-0.2, 0) is 17.6 Å². The van der Waals surface area contributed by atoms with E-state index in [1.54, 1.807) is 12.1 Å². The average molecular weight is 454 g/mol. The summed E-state index contributed by atoms with van der Waals surface area (Å²) in [6, 6.07) is 14.7. The zero-order valence-electron chi connectivity index (χ0n) is 16.6. The van der Waals surface area contributed by atoms with E-state index in [1.165, 1.54) is 24.0 Å². The van der Waals surface area contributed by atoms with E-state index in [9.17, 15) is 4.79 Å². The number of amides is 1. The molecule has 2 aliphatic rings. The molecule has 1 saturated heterocycles. The Kier molecular flexibility index (Phi) is 7.50. The van der Waals surface area contributed by atoms with Gasteiger partial charge in [-0.2, -0.15) is 0 Å². The van der Waals surface area contributed by atoms with Gasteiger partial charge in [-0.15, -0.1) is 12.4 Å². The average Bonchev–Trinajstić information content (AvgIpc) is 3.23. The van der Waals surface area contributed by atoms with Gasteiger partial charge in [0.1, 0.15) is 0 Å². The third-order valence-corrected chi connectivity index (χ3v) is 6.95. The number of benzene rings is 2. The largest absolute Gasteiger partial charge is 0.341 e. The topological polar surface area (TPSA) is 23.6 Å². The fourth-order valence-electron chi connectivity index (χ4n) is 4.72. The fourth-order valence-corrected chi connectivity index (χ4v) is 5.04. The molecule has 1 fully saturated rings. The van der Waals surface area contributed by atoms with Crippen LogP contribution in [0.25, 0.3) is 0 Å². The van der Waals surface area contributed by atoms with Crippen LogP contribution in [0.1, 0.15) is 42.0 Å². The van der Waals surface area contributed by atoms with Crippen LogP contribution in [-0.4, -0.2) is 41.9 Å². The molecule has 1 aliphatic heterocycles. The first kappa shape index (κ1) is 22.4. The predicted octanol–water partition coefficient (Wildman–Crippen LogP) is 5.57. The molecule has 0 spiro atoms. The van der Waals surface area contributed by atoms with Crippen molar-refractivity contribution in [3.63, 3.8) is 0 Å². The third-order valence-electron chi connectivity index (χ3n) is 6.21. The lowest BCUT2D eigenvalue weighted by atomic mass is 9.82. The van der Waals surface area contributed by atoms with Gasteiger partial charge >= 0.3 is 0 Å². The Morgan fingerprint density at radius 2 is 1.83 bits per heavy atom. The van der Waals surface area contributed by atoms with Gasteiger partial charge in [0.25, 0.3) is 0 Å². The highest BCUT2D eigenvalue weighted by Crippen LogP contribution is 2.38. The van der Waals surface area contributed by atoms with Gasteiger partial charge in [0.15, 0.2) is 0 Å². The summed E-state index contributed by atoms with van der Waals surface area (Å²) in [5.41, 5.74) is 3.73. The molecule has 4 rings (SSSR count). The second-order valence-corrected chi connectivity index (χ2v) is 8.74. The molecule has 0 bridgehead atoms. The van der Waals surface area contributed by atoms with Gasteiger partial charge in [-0.1, -0.05) is 53.5 Å². The normalized spacial score (nSPS) is 21.3. The van der Waals surface area contributed by atoms with E-state index in [4.69, 9.17) is 23.2 Å². The number of aryl methyl sites for hydroxylation is 1. The molecule has 0 N–H and O–H groups in total. The van der Waals surface area contributed by atoms with Crippen LogP contribution in [0.4, 0.5) is 0 Å². The summed E-state index contributed by atoms with van der Waals surface area (Å²) in [4.78, 5) is 17.7. The number of nitrogens with zero attached hydrogens (tertiary/aromatic N) is 2. The van der Waals surface area contributed by atoms with Gasteiger partial charge in [0, 0.05) is 7.05 Å². The number of likely N-dealkylation sites (tertiary alicyclic amines) is 1. The number of hydrogen-bond donors (Lipinski definition) is 0. The monoisotopic (exact) mass is 452 g/mol. The molecule has 156 valence electrons. The Morgan fingerprint density at radius 3 is 2.55 bits per heavy atom. The summed E-state index contributed by atoms with van der Waals surface area (Å²) in [5.74, 6) is 0.131. The Labute approximate surface area is 189 Å². The number of carbonyl (C=O) groups is 1. The van der Waals surface area contributed by atoms with Gasteiger partial charge in [0.2, 0.25) is 5.91 Å². The molecule has 2 aromatic rings. The summed E-state index contributed by atoms with van der Waals surface area (Å²) in [7, 11) is 1.96. The molecular formula is C23H27Cl3N2O. The smallest absolute Gasteiger partial charge is 0.227 e. The van der Waals surface area contributed by atoms with Gasteiger partial charge in [-0.05, 0) is 67.6 Å². The molecule has 0 unspecified atom stereocenters. The number of carbonyl (C=O) groups excluding carboxylic acids is 1. The van der Waals surface area contributed by atoms with Crippen molar-refractivity contribution < 1.29 is 4.79 Å². The Balaban J connectivity index is 0.00000240. The molecule has 0 aromatic heterocycles. The second-order valence-electron chi connectivity index (χ2n) is 7.92. The molecule has 2 atom stereocenters. The molecule has 1 heterocycles. The predicted molar refractivity (Wildman–Crippen MR) is 122 cm³/mol. The first-order valence-electron chi connectivity index (χ1n) is 10.1.